The molecule has 0 saturated carbocycles. The van der Waals surface area contributed by atoms with Crippen molar-refractivity contribution in [2.24, 2.45) is 0 Å². The van der Waals surface area contributed by atoms with Gasteiger partial charge >= 0.3 is 6.09 Å². The minimum Gasteiger partial charge on any atom is -0.494 e. The van der Waals surface area contributed by atoms with Gasteiger partial charge in [-0.3, -0.25) is 10.1 Å². The van der Waals surface area contributed by atoms with Gasteiger partial charge in [0.05, 0.1) is 37.6 Å². The van der Waals surface area contributed by atoms with Crippen LogP contribution in [0.1, 0.15) is 36.6 Å². The molecular formula is C26H28F2N6O4. The molecule has 12 heteroatoms. The summed E-state index contributed by atoms with van der Waals surface area (Å²) in [6, 6.07) is 11.5. The van der Waals surface area contributed by atoms with Crippen molar-refractivity contribution in [3.8, 4) is 5.75 Å². The van der Waals surface area contributed by atoms with Crippen molar-refractivity contribution in [1.82, 2.24) is 15.3 Å². The summed E-state index contributed by atoms with van der Waals surface area (Å²) in [7, 11) is 2.69. The number of methoxy groups -OCH3 is 2. The lowest BCUT2D eigenvalue weighted by atomic mass is 10.1. The summed E-state index contributed by atoms with van der Waals surface area (Å²) in [5, 5.41) is 11.6. The van der Waals surface area contributed by atoms with Crippen LogP contribution in [0.15, 0.2) is 48.7 Å². The van der Waals surface area contributed by atoms with E-state index in [-0.39, 0.29) is 23.2 Å². The quantitative estimate of drug-likeness (QED) is 0.332. The van der Waals surface area contributed by atoms with E-state index in [0.29, 0.717) is 23.5 Å². The van der Waals surface area contributed by atoms with Gasteiger partial charge in [-0.25, -0.2) is 18.6 Å². The molecule has 3 aromatic rings. The summed E-state index contributed by atoms with van der Waals surface area (Å²) in [6.07, 6.45) is 0.923. The van der Waals surface area contributed by atoms with Crippen LogP contribution < -0.4 is 26.0 Å². The van der Waals surface area contributed by atoms with Gasteiger partial charge in [0.15, 0.2) is 0 Å². The Labute approximate surface area is 218 Å². The molecule has 2 amide bonds. The van der Waals surface area contributed by atoms with Gasteiger partial charge in [0, 0.05) is 31.8 Å². The second-order valence-electron chi connectivity index (χ2n) is 8.83. The normalized spacial score (nSPS) is 16.3. The Kier molecular flexibility index (Phi) is 7.60. The monoisotopic (exact) mass is 526 g/mol. The number of rotatable bonds is 8. The number of alkyl halides is 2. The average Bonchev–Trinajstić information content (AvgIpc) is 3.20. The molecule has 1 aliphatic carbocycles. The van der Waals surface area contributed by atoms with Gasteiger partial charge in [-0.1, -0.05) is 24.3 Å². The Morgan fingerprint density at radius 2 is 1.89 bits per heavy atom. The summed E-state index contributed by atoms with van der Waals surface area (Å²) in [5.41, 5.74) is 2.40. The molecule has 1 aromatic heterocycles. The fraction of sp³-hybridized carbons (Fsp3) is 0.308. The van der Waals surface area contributed by atoms with Gasteiger partial charge in [-0.2, -0.15) is 4.98 Å². The highest BCUT2D eigenvalue weighted by atomic mass is 19.3. The minimum absolute atomic E-state index is 0.0408. The molecule has 10 nitrogen and oxygen atoms in total. The number of carbonyl (C=O) groups is 2. The van der Waals surface area contributed by atoms with Crippen LogP contribution in [-0.4, -0.2) is 42.2 Å². The predicted octanol–water partition coefficient (Wildman–Crippen LogP) is 4.73. The maximum absolute atomic E-state index is 14.5. The third-order valence-corrected chi connectivity index (χ3v) is 6.05. The minimum atomic E-state index is -3.23. The topological polar surface area (TPSA) is 126 Å². The molecule has 1 aliphatic rings. The molecule has 38 heavy (non-hydrogen) atoms. The molecule has 2 atom stereocenters. The number of aromatic nitrogens is 2. The zero-order valence-electron chi connectivity index (χ0n) is 21.3. The molecule has 0 radical (unpaired) electrons. The Hall–Kier alpha value is -4.48. The lowest BCUT2D eigenvalue weighted by molar-refractivity contribution is -0.119. The number of anilines is 4. The van der Waals surface area contributed by atoms with Crippen LogP contribution >= 0.6 is 0 Å². The first-order valence-electron chi connectivity index (χ1n) is 11.8. The van der Waals surface area contributed by atoms with Crippen LogP contribution in [0.5, 0.6) is 5.75 Å². The van der Waals surface area contributed by atoms with Gasteiger partial charge < -0.3 is 25.4 Å². The van der Waals surface area contributed by atoms with E-state index in [0.717, 1.165) is 24.2 Å². The summed E-state index contributed by atoms with van der Waals surface area (Å²) in [5.74, 6) is -3.14. The zero-order chi connectivity index (χ0) is 27.4. The van der Waals surface area contributed by atoms with Crippen LogP contribution in [0.3, 0.4) is 0 Å². The summed E-state index contributed by atoms with van der Waals surface area (Å²) < 4.78 is 39.1. The SMILES string of the molecule is COC(=O)Nc1ccc(Nc2ncc(C(C)(F)F)c(NC3Cc4ccccc4C3NC(C)=O)n2)c(OC)c1. The lowest BCUT2D eigenvalue weighted by Gasteiger charge is -2.25. The third kappa shape index (κ3) is 5.90. The second kappa shape index (κ2) is 10.9. The van der Waals surface area contributed by atoms with Gasteiger partial charge in [0.1, 0.15) is 11.6 Å². The first kappa shape index (κ1) is 26.6. The number of carbonyl (C=O) groups excluding carboxylic acids is 2. The van der Waals surface area contributed by atoms with Crippen molar-refractivity contribution >= 4 is 35.1 Å². The number of hydrogen-bond donors (Lipinski definition) is 4. The van der Waals surface area contributed by atoms with Crippen LogP contribution in [0, 0.1) is 0 Å². The molecule has 4 N–H and O–H groups in total. The summed E-state index contributed by atoms with van der Waals surface area (Å²) >= 11 is 0. The molecule has 1 heterocycles. The third-order valence-electron chi connectivity index (χ3n) is 6.05. The molecule has 0 aliphatic heterocycles. The highest BCUT2D eigenvalue weighted by molar-refractivity contribution is 5.85. The average molecular weight is 527 g/mol. The first-order chi connectivity index (χ1) is 18.1. The van der Waals surface area contributed by atoms with Gasteiger partial charge in [0.25, 0.3) is 5.92 Å². The Balaban J connectivity index is 1.64. The molecule has 2 aromatic carbocycles. The molecular weight excluding hydrogens is 498 g/mol. The van der Waals surface area contributed by atoms with Gasteiger partial charge in [-0.15, -0.1) is 0 Å². The molecule has 2 unspecified atom stereocenters. The molecule has 0 bridgehead atoms. The van der Waals surface area contributed by atoms with Crippen LogP contribution in [0.25, 0.3) is 0 Å². The summed E-state index contributed by atoms with van der Waals surface area (Å²) in [4.78, 5) is 31.9. The van der Waals surface area contributed by atoms with E-state index in [9.17, 15) is 18.4 Å². The largest absolute Gasteiger partial charge is 0.494 e. The molecule has 0 spiro atoms. The van der Waals surface area contributed by atoms with Crippen molar-refractivity contribution in [1.29, 1.82) is 0 Å². The summed E-state index contributed by atoms with van der Waals surface area (Å²) in [6.45, 7) is 2.18. The van der Waals surface area contributed by atoms with E-state index in [1.807, 2.05) is 24.3 Å². The number of nitrogens with one attached hydrogen (secondary N) is 4. The van der Waals surface area contributed by atoms with E-state index >= 15 is 0 Å². The van der Waals surface area contributed by atoms with E-state index in [1.165, 1.54) is 21.1 Å². The molecule has 0 fully saturated rings. The standard InChI is InChI=1S/C26H28F2N6O4/c1-14(35)30-22-17-8-6-5-7-15(17)11-20(22)32-23-18(26(2,27)28)13-29-24(34-23)33-19-10-9-16(12-21(19)37-3)31-25(36)38-4/h5-10,12-13,20,22H,11H2,1-4H3,(H,30,35)(H,31,36)(H2,29,32,33,34). The maximum atomic E-state index is 14.5. The van der Waals surface area contributed by atoms with E-state index in [2.05, 4.69) is 36.0 Å². The van der Waals surface area contributed by atoms with Crippen molar-refractivity contribution in [3.05, 3.63) is 65.4 Å². The lowest BCUT2D eigenvalue weighted by Crippen LogP contribution is -2.37. The van der Waals surface area contributed by atoms with Crippen molar-refractivity contribution in [2.45, 2.75) is 38.3 Å². The molecule has 0 saturated heterocycles. The number of ether oxygens (including phenoxy) is 2. The smallest absolute Gasteiger partial charge is 0.411 e. The molecule has 200 valence electrons. The Morgan fingerprint density at radius 3 is 2.58 bits per heavy atom. The fourth-order valence-electron chi connectivity index (χ4n) is 4.34. The van der Waals surface area contributed by atoms with E-state index < -0.39 is 24.1 Å². The number of hydrogen-bond acceptors (Lipinski definition) is 8. The number of benzene rings is 2. The number of nitrogens with zero attached hydrogens (tertiary/aromatic N) is 2. The van der Waals surface area contributed by atoms with Crippen LogP contribution in [0.2, 0.25) is 0 Å². The Morgan fingerprint density at radius 1 is 1.13 bits per heavy atom. The second-order valence-corrected chi connectivity index (χ2v) is 8.83. The molecule has 4 rings (SSSR count). The Bertz CT molecular complexity index is 1350. The zero-order valence-corrected chi connectivity index (χ0v) is 21.3. The van der Waals surface area contributed by atoms with Crippen molar-refractivity contribution in [3.63, 3.8) is 0 Å². The number of amides is 2. The number of halogens is 2. The first-order valence-corrected chi connectivity index (χ1v) is 11.8. The van der Waals surface area contributed by atoms with Crippen LogP contribution in [-0.2, 0) is 21.9 Å². The van der Waals surface area contributed by atoms with Crippen LogP contribution in [0.4, 0.5) is 36.7 Å². The highest BCUT2D eigenvalue weighted by Crippen LogP contribution is 2.38. The van der Waals surface area contributed by atoms with Gasteiger partial charge in [-0.05, 0) is 29.7 Å². The fourth-order valence-corrected chi connectivity index (χ4v) is 4.34. The van der Waals surface area contributed by atoms with Crippen molar-refractivity contribution < 1.29 is 27.8 Å². The van der Waals surface area contributed by atoms with E-state index in [4.69, 9.17) is 4.74 Å². The number of fused-ring (bicyclic) bond motifs is 1. The highest BCUT2D eigenvalue weighted by Gasteiger charge is 2.36. The van der Waals surface area contributed by atoms with Gasteiger partial charge in [0.2, 0.25) is 11.9 Å². The maximum Gasteiger partial charge on any atom is 0.411 e. The van der Waals surface area contributed by atoms with Crippen molar-refractivity contribution in [2.75, 3.05) is 30.2 Å². The van der Waals surface area contributed by atoms with E-state index in [1.54, 1.807) is 18.2 Å². The predicted molar refractivity (Wildman–Crippen MR) is 138 cm³/mol.